The molecule has 1 N–H and O–H groups in total. The number of para-hydroxylation sites is 1. The molecule has 1 heterocycles. The van der Waals surface area contributed by atoms with Crippen molar-refractivity contribution in [3.63, 3.8) is 0 Å². The van der Waals surface area contributed by atoms with Crippen LogP contribution < -0.4 is 14.8 Å². The van der Waals surface area contributed by atoms with Crippen molar-refractivity contribution in [3.8, 4) is 11.5 Å². The summed E-state index contributed by atoms with van der Waals surface area (Å²) >= 11 is 7.61. The van der Waals surface area contributed by atoms with E-state index in [1.165, 1.54) is 23.9 Å². The molecule has 8 heteroatoms. The summed E-state index contributed by atoms with van der Waals surface area (Å²) in [6, 6.07) is 10.3. The van der Waals surface area contributed by atoms with Gasteiger partial charge in [0.15, 0.2) is 18.1 Å². The number of anilines is 1. The molecule has 0 bridgehead atoms. The molecule has 0 saturated carbocycles. The summed E-state index contributed by atoms with van der Waals surface area (Å²) in [6.07, 6.45) is 1.91. The highest BCUT2D eigenvalue weighted by Crippen LogP contribution is 2.38. The molecule has 0 aromatic heterocycles. The van der Waals surface area contributed by atoms with Crippen molar-refractivity contribution in [2.75, 3.05) is 31.4 Å². The molecular formula is C18H16ClNO5S. The molecule has 1 aliphatic rings. The number of ether oxygens (including phenoxy) is 3. The van der Waals surface area contributed by atoms with E-state index < -0.39 is 18.5 Å². The minimum atomic E-state index is -0.669. The van der Waals surface area contributed by atoms with Crippen LogP contribution in [0.3, 0.4) is 0 Å². The fourth-order valence-electron chi connectivity index (χ4n) is 2.38. The largest absolute Gasteiger partial charge is 0.486 e. The van der Waals surface area contributed by atoms with Gasteiger partial charge in [0.1, 0.15) is 13.2 Å². The minimum absolute atomic E-state index is 0.191. The third-order valence-electron chi connectivity index (χ3n) is 3.55. The average molecular weight is 394 g/mol. The Labute approximate surface area is 159 Å². The standard InChI is InChI=1S/C18H16ClNO5S/c1-26-15-5-3-2-4-13(15)20-16(21)10-25-18(22)11-8-12(19)17-14(9-11)23-6-7-24-17/h2-5,8-9H,6-7,10H2,1H3,(H,20,21). The number of carbonyl (C=O) groups is 2. The number of benzene rings is 2. The lowest BCUT2D eigenvalue weighted by atomic mass is 10.2. The predicted molar refractivity (Wildman–Crippen MR) is 99.6 cm³/mol. The first-order chi connectivity index (χ1) is 12.6. The Morgan fingerprint density at radius 2 is 2.00 bits per heavy atom. The van der Waals surface area contributed by atoms with E-state index in [4.69, 9.17) is 25.8 Å². The van der Waals surface area contributed by atoms with Crippen molar-refractivity contribution in [1.82, 2.24) is 0 Å². The van der Waals surface area contributed by atoms with E-state index in [1.807, 2.05) is 24.5 Å². The summed E-state index contributed by atoms with van der Waals surface area (Å²) in [5.74, 6) is -0.310. The smallest absolute Gasteiger partial charge is 0.338 e. The molecule has 6 nitrogen and oxygen atoms in total. The molecule has 0 saturated heterocycles. The zero-order chi connectivity index (χ0) is 18.5. The van der Waals surface area contributed by atoms with Gasteiger partial charge in [-0.1, -0.05) is 23.7 Å². The number of rotatable bonds is 5. The van der Waals surface area contributed by atoms with Crippen LogP contribution in [0.1, 0.15) is 10.4 Å². The Bertz CT molecular complexity index is 842. The van der Waals surface area contributed by atoms with Gasteiger partial charge in [0.05, 0.1) is 16.3 Å². The molecule has 1 aliphatic heterocycles. The Hall–Kier alpha value is -2.38. The molecule has 0 fully saturated rings. The molecule has 0 spiro atoms. The molecule has 1 amide bonds. The number of amides is 1. The van der Waals surface area contributed by atoms with Crippen LogP contribution in [-0.4, -0.2) is 38.0 Å². The van der Waals surface area contributed by atoms with Crippen LogP contribution in [0.25, 0.3) is 0 Å². The Morgan fingerprint density at radius 1 is 1.23 bits per heavy atom. The lowest BCUT2D eigenvalue weighted by molar-refractivity contribution is -0.119. The van der Waals surface area contributed by atoms with Gasteiger partial charge in [-0.15, -0.1) is 11.8 Å². The van der Waals surface area contributed by atoms with E-state index in [-0.39, 0.29) is 10.6 Å². The van der Waals surface area contributed by atoms with Gasteiger partial charge in [-0.25, -0.2) is 4.79 Å². The van der Waals surface area contributed by atoms with Crippen LogP contribution >= 0.6 is 23.4 Å². The first-order valence-corrected chi connectivity index (χ1v) is 9.38. The summed E-state index contributed by atoms with van der Waals surface area (Å²) in [7, 11) is 0. The SMILES string of the molecule is CSc1ccccc1NC(=O)COC(=O)c1cc(Cl)c2c(c1)OCCO2. The second kappa shape index (κ2) is 8.33. The van der Waals surface area contributed by atoms with Crippen molar-refractivity contribution in [3.05, 3.63) is 47.0 Å². The quantitative estimate of drug-likeness (QED) is 0.617. The molecule has 2 aromatic rings. The lowest BCUT2D eigenvalue weighted by Gasteiger charge is -2.20. The summed E-state index contributed by atoms with van der Waals surface area (Å²) in [5, 5.41) is 2.98. The number of hydrogen-bond acceptors (Lipinski definition) is 6. The van der Waals surface area contributed by atoms with Crippen LogP contribution in [0.5, 0.6) is 11.5 Å². The molecule has 26 heavy (non-hydrogen) atoms. The third-order valence-corrected chi connectivity index (χ3v) is 4.62. The zero-order valence-corrected chi connectivity index (χ0v) is 15.5. The number of thioether (sulfide) groups is 1. The zero-order valence-electron chi connectivity index (χ0n) is 13.9. The van der Waals surface area contributed by atoms with Crippen molar-refractivity contribution in [2.24, 2.45) is 0 Å². The van der Waals surface area contributed by atoms with E-state index >= 15 is 0 Å². The molecule has 3 rings (SSSR count). The Kier molecular flexibility index (Phi) is 5.90. The second-order valence-electron chi connectivity index (χ2n) is 5.31. The summed E-state index contributed by atoms with van der Waals surface area (Å²) in [4.78, 5) is 25.2. The lowest BCUT2D eigenvalue weighted by Crippen LogP contribution is -2.21. The van der Waals surface area contributed by atoms with Crippen LogP contribution in [0.4, 0.5) is 5.69 Å². The van der Waals surface area contributed by atoms with Gasteiger partial charge in [0.25, 0.3) is 5.91 Å². The molecule has 136 valence electrons. The van der Waals surface area contributed by atoms with Crippen molar-refractivity contribution < 1.29 is 23.8 Å². The summed E-state index contributed by atoms with van der Waals surface area (Å²) in [6.45, 7) is 0.362. The highest BCUT2D eigenvalue weighted by Gasteiger charge is 2.20. The van der Waals surface area contributed by atoms with Crippen molar-refractivity contribution in [1.29, 1.82) is 0 Å². The van der Waals surface area contributed by atoms with E-state index in [9.17, 15) is 9.59 Å². The first-order valence-electron chi connectivity index (χ1n) is 7.77. The monoisotopic (exact) mass is 393 g/mol. The Balaban J connectivity index is 1.62. The van der Waals surface area contributed by atoms with E-state index in [1.54, 1.807) is 6.07 Å². The molecule has 2 aromatic carbocycles. The van der Waals surface area contributed by atoms with Crippen LogP contribution in [0.15, 0.2) is 41.3 Å². The molecular weight excluding hydrogens is 378 g/mol. The van der Waals surface area contributed by atoms with Crippen molar-refractivity contribution >= 4 is 40.9 Å². The van der Waals surface area contributed by atoms with Gasteiger partial charge in [0, 0.05) is 4.90 Å². The molecule has 0 aliphatic carbocycles. The van der Waals surface area contributed by atoms with E-state index in [0.717, 1.165) is 4.90 Å². The highest BCUT2D eigenvalue weighted by atomic mass is 35.5. The van der Waals surface area contributed by atoms with Gasteiger partial charge in [-0.2, -0.15) is 0 Å². The van der Waals surface area contributed by atoms with Gasteiger partial charge >= 0.3 is 5.97 Å². The van der Waals surface area contributed by atoms with Gasteiger partial charge in [-0.3, -0.25) is 4.79 Å². The maximum atomic E-state index is 12.2. The number of carbonyl (C=O) groups excluding carboxylic acids is 2. The number of esters is 1. The fraction of sp³-hybridized carbons (Fsp3) is 0.222. The highest BCUT2D eigenvalue weighted by molar-refractivity contribution is 7.98. The predicted octanol–water partition coefficient (Wildman–Crippen LogP) is 3.63. The average Bonchev–Trinajstić information content (AvgIpc) is 2.66. The maximum Gasteiger partial charge on any atom is 0.338 e. The summed E-state index contributed by atoms with van der Waals surface area (Å²) < 4.78 is 15.9. The number of halogens is 1. The number of hydrogen-bond donors (Lipinski definition) is 1. The van der Waals surface area contributed by atoms with Gasteiger partial charge in [0.2, 0.25) is 0 Å². The van der Waals surface area contributed by atoms with Crippen LogP contribution in [0, 0.1) is 0 Å². The third kappa shape index (κ3) is 4.23. The molecule has 0 radical (unpaired) electrons. The van der Waals surface area contributed by atoms with Gasteiger partial charge in [-0.05, 0) is 30.5 Å². The molecule has 0 atom stereocenters. The van der Waals surface area contributed by atoms with E-state index in [0.29, 0.717) is 30.4 Å². The van der Waals surface area contributed by atoms with Gasteiger partial charge < -0.3 is 19.5 Å². The van der Waals surface area contributed by atoms with Crippen molar-refractivity contribution in [2.45, 2.75) is 4.90 Å². The second-order valence-corrected chi connectivity index (χ2v) is 6.56. The first kappa shape index (κ1) is 18.4. The summed E-state index contributed by atoms with van der Waals surface area (Å²) in [5.41, 5.74) is 0.861. The van der Waals surface area contributed by atoms with E-state index in [2.05, 4.69) is 5.32 Å². The minimum Gasteiger partial charge on any atom is -0.486 e. The topological polar surface area (TPSA) is 73.9 Å². The fourth-order valence-corrected chi connectivity index (χ4v) is 3.20. The normalized spacial score (nSPS) is 12.4. The Morgan fingerprint density at radius 3 is 2.81 bits per heavy atom. The maximum absolute atomic E-state index is 12.2. The number of nitrogens with one attached hydrogen (secondary N) is 1. The van der Waals surface area contributed by atoms with Crippen LogP contribution in [-0.2, 0) is 9.53 Å². The molecule has 0 unspecified atom stereocenters. The van der Waals surface area contributed by atoms with Crippen LogP contribution in [0.2, 0.25) is 5.02 Å². The number of fused-ring (bicyclic) bond motifs is 1.